The Bertz CT molecular complexity index is 1840. The number of hydrogen-bond acceptors (Lipinski definition) is 9. The highest BCUT2D eigenvalue weighted by atomic mass is 16.3. The summed E-state index contributed by atoms with van der Waals surface area (Å²) in [6.07, 6.45) is 5.50. The zero-order valence-electron chi connectivity index (χ0n) is 21.3. The number of carbonyl (C=O) groups excluding carboxylic acids is 1. The van der Waals surface area contributed by atoms with Gasteiger partial charge in [0.2, 0.25) is 17.7 Å². The number of aromatic nitrogens is 7. The second-order valence-electron chi connectivity index (χ2n) is 9.87. The van der Waals surface area contributed by atoms with E-state index in [9.17, 15) is 9.90 Å². The second kappa shape index (κ2) is 9.27. The maximum absolute atomic E-state index is 13.8. The van der Waals surface area contributed by atoms with E-state index in [0.717, 1.165) is 6.42 Å². The Hall–Kier alpha value is -5.10. The number of benzene rings is 1. The number of pyridine rings is 1. The Labute approximate surface area is 227 Å². The Morgan fingerprint density at radius 2 is 1.90 bits per heavy atom. The van der Waals surface area contributed by atoms with Crippen molar-refractivity contribution in [2.45, 2.75) is 37.5 Å². The fourth-order valence-electron chi connectivity index (χ4n) is 5.04. The van der Waals surface area contributed by atoms with E-state index in [1.54, 1.807) is 29.3 Å². The van der Waals surface area contributed by atoms with Crippen LogP contribution in [0.15, 0.2) is 77.5 Å². The standard InChI is InChI=1S/C28H25N9O3/c29-27-34-25-19(24-33-23(35-37(24)27)20-10-5-14-40-20)16-31-36(25)22(17-7-2-1-3-8-17)26(38)30-15-18-9-4-11-21(32-18)28(39)12-6-13-28/h1-5,7-11,14,16,22,39H,6,12-13,15H2,(H2,29,34)(H,30,38)/t22-/m0/s1. The summed E-state index contributed by atoms with van der Waals surface area (Å²) in [5.41, 5.74) is 8.24. The summed E-state index contributed by atoms with van der Waals surface area (Å²) in [4.78, 5) is 27.5. The molecule has 0 saturated heterocycles. The van der Waals surface area contributed by atoms with E-state index in [2.05, 4.69) is 30.5 Å². The molecule has 0 unspecified atom stereocenters. The third-order valence-corrected chi connectivity index (χ3v) is 7.31. The van der Waals surface area contributed by atoms with Gasteiger partial charge in [0.15, 0.2) is 23.1 Å². The lowest BCUT2D eigenvalue weighted by Gasteiger charge is -2.36. The Balaban J connectivity index is 1.25. The Kier molecular flexibility index (Phi) is 5.56. The predicted octanol–water partition coefficient (Wildman–Crippen LogP) is 2.99. The summed E-state index contributed by atoms with van der Waals surface area (Å²) in [6.45, 7) is 0.182. The van der Waals surface area contributed by atoms with Gasteiger partial charge in [0.25, 0.3) is 0 Å². The maximum Gasteiger partial charge on any atom is 0.249 e. The highest BCUT2D eigenvalue weighted by Crippen LogP contribution is 2.40. The quantitative estimate of drug-likeness (QED) is 0.279. The summed E-state index contributed by atoms with van der Waals surface area (Å²) in [6, 6.07) is 17.5. The first-order chi connectivity index (χ1) is 19.5. The van der Waals surface area contributed by atoms with Crippen molar-refractivity contribution in [3.63, 3.8) is 0 Å². The summed E-state index contributed by atoms with van der Waals surface area (Å²) in [5.74, 6) is 0.644. The van der Waals surface area contributed by atoms with Crippen molar-refractivity contribution in [3.8, 4) is 11.6 Å². The highest BCUT2D eigenvalue weighted by Gasteiger charge is 2.37. The van der Waals surface area contributed by atoms with Crippen LogP contribution in [0, 0.1) is 0 Å². The molecular weight excluding hydrogens is 510 g/mol. The lowest BCUT2D eigenvalue weighted by molar-refractivity contribution is -0.123. The van der Waals surface area contributed by atoms with Crippen LogP contribution in [0.2, 0.25) is 0 Å². The summed E-state index contributed by atoms with van der Waals surface area (Å²) < 4.78 is 8.41. The van der Waals surface area contributed by atoms with Crippen LogP contribution >= 0.6 is 0 Å². The molecule has 5 heterocycles. The molecule has 0 spiro atoms. The molecule has 1 aromatic carbocycles. The molecule has 1 amide bonds. The zero-order chi connectivity index (χ0) is 27.3. The number of rotatable bonds is 7. The zero-order valence-corrected chi connectivity index (χ0v) is 21.3. The minimum absolute atomic E-state index is 0.0942. The molecule has 4 N–H and O–H groups in total. The molecule has 200 valence electrons. The van der Waals surface area contributed by atoms with Crippen LogP contribution in [0.1, 0.15) is 42.3 Å². The molecule has 7 rings (SSSR count). The second-order valence-corrected chi connectivity index (χ2v) is 9.87. The number of anilines is 1. The number of nitrogens with one attached hydrogen (secondary N) is 1. The van der Waals surface area contributed by atoms with Gasteiger partial charge in [-0.25, -0.2) is 9.67 Å². The fourth-order valence-corrected chi connectivity index (χ4v) is 5.04. The average Bonchev–Trinajstić information content (AvgIpc) is 3.72. The van der Waals surface area contributed by atoms with Gasteiger partial charge in [-0.05, 0) is 49.1 Å². The third-order valence-electron chi connectivity index (χ3n) is 7.31. The summed E-state index contributed by atoms with van der Waals surface area (Å²) in [7, 11) is 0. The molecule has 0 aliphatic heterocycles. The van der Waals surface area contributed by atoms with Crippen LogP contribution in [-0.4, -0.2) is 45.4 Å². The predicted molar refractivity (Wildman–Crippen MR) is 145 cm³/mol. The molecule has 1 aliphatic rings. The van der Waals surface area contributed by atoms with Crippen LogP contribution in [0.25, 0.3) is 28.3 Å². The summed E-state index contributed by atoms with van der Waals surface area (Å²) in [5, 5.41) is 23.3. The van der Waals surface area contributed by atoms with Crippen LogP contribution in [0.4, 0.5) is 5.95 Å². The number of amides is 1. The Morgan fingerprint density at radius 1 is 1.05 bits per heavy atom. The molecular formula is C28H25N9O3. The number of nitrogens with zero attached hydrogens (tertiary/aromatic N) is 7. The van der Waals surface area contributed by atoms with E-state index < -0.39 is 11.6 Å². The number of hydrogen-bond donors (Lipinski definition) is 3. The number of carbonyl (C=O) groups is 1. The van der Waals surface area contributed by atoms with Crippen LogP contribution in [0.5, 0.6) is 0 Å². The average molecular weight is 536 g/mol. The van der Waals surface area contributed by atoms with Gasteiger partial charge in [-0.1, -0.05) is 36.4 Å². The molecule has 12 nitrogen and oxygen atoms in total. The largest absolute Gasteiger partial charge is 0.461 e. The minimum atomic E-state index is -0.879. The van der Waals surface area contributed by atoms with Crippen molar-refractivity contribution in [2.24, 2.45) is 0 Å². The summed E-state index contributed by atoms with van der Waals surface area (Å²) >= 11 is 0. The number of nitrogens with two attached hydrogens (primary N) is 1. The Morgan fingerprint density at radius 3 is 2.65 bits per heavy atom. The van der Waals surface area contributed by atoms with Gasteiger partial charge in [0.05, 0.1) is 35.8 Å². The molecule has 1 fully saturated rings. The lowest BCUT2D eigenvalue weighted by atomic mass is 9.77. The van der Waals surface area contributed by atoms with Crippen molar-refractivity contribution < 1.29 is 14.3 Å². The van der Waals surface area contributed by atoms with Gasteiger partial charge >= 0.3 is 0 Å². The molecule has 0 radical (unpaired) electrons. The first kappa shape index (κ1) is 24.0. The first-order valence-corrected chi connectivity index (χ1v) is 12.9. The first-order valence-electron chi connectivity index (χ1n) is 12.9. The number of nitrogen functional groups attached to an aromatic ring is 1. The van der Waals surface area contributed by atoms with Crippen LogP contribution in [-0.2, 0) is 16.9 Å². The maximum atomic E-state index is 13.8. The topological polar surface area (TPSA) is 162 Å². The van der Waals surface area contributed by atoms with Crippen LogP contribution in [0.3, 0.4) is 0 Å². The van der Waals surface area contributed by atoms with Gasteiger partial charge in [-0.15, -0.1) is 5.10 Å². The normalized spacial score (nSPS) is 15.2. The highest BCUT2D eigenvalue weighted by molar-refractivity contribution is 5.92. The van der Waals surface area contributed by atoms with Gasteiger partial charge in [-0.3, -0.25) is 9.78 Å². The smallest absolute Gasteiger partial charge is 0.249 e. The molecule has 1 aliphatic carbocycles. The van der Waals surface area contributed by atoms with Gasteiger partial charge in [-0.2, -0.15) is 14.6 Å². The number of aliphatic hydroxyl groups is 1. The number of furan rings is 1. The SMILES string of the molecule is Nc1nc2c(cnn2[C@H](C(=O)NCc2cccc(C3(O)CCC3)n2)c2ccccc2)c2nc(-c3ccco3)nn12. The third kappa shape index (κ3) is 3.96. The van der Waals surface area contributed by atoms with E-state index in [-0.39, 0.29) is 18.4 Å². The van der Waals surface area contributed by atoms with Gasteiger partial charge < -0.3 is 20.6 Å². The van der Waals surface area contributed by atoms with E-state index in [4.69, 9.17) is 10.2 Å². The van der Waals surface area contributed by atoms with Crippen molar-refractivity contribution in [3.05, 3.63) is 90.1 Å². The van der Waals surface area contributed by atoms with Crippen molar-refractivity contribution in [1.29, 1.82) is 0 Å². The van der Waals surface area contributed by atoms with Gasteiger partial charge in [0.1, 0.15) is 5.60 Å². The minimum Gasteiger partial charge on any atom is -0.461 e. The van der Waals surface area contributed by atoms with Crippen LogP contribution < -0.4 is 11.1 Å². The fraction of sp³-hybridized carbons (Fsp3) is 0.214. The molecule has 12 heteroatoms. The van der Waals surface area contributed by atoms with E-state index in [1.807, 2.05) is 48.5 Å². The molecule has 1 atom stereocenters. The monoisotopic (exact) mass is 535 g/mol. The van der Waals surface area contributed by atoms with E-state index in [0.29, 0.717) is 58.1 Å². The molecule has 40 heavy (non-hydrogen) atoms. The van der Waals surface area contributed by atoms with Gasteiger partial charge in [0, 0.05) is 0 Å². The number of fused-ring (bicyclic) bond motifs is 3. The van der Waals surface area contributed by atoms with E-state index in [1.165, 1.54) is 4.52 Å². The lowest BCUT2D eigenvalue weighted by Crippen LogP contribution is -2.36. The van der Waals surface area contributed by atoms with Crippen molar-refractivity contribution >= 4 is 28.5 Å². The molecule has 0 bridgehead atoms. The van der Waals surface area contributed by atoms with E-state index >= 15 is 0 Å². The molecule has 5 aromatic heterocycles. The molecule has 1 saturated carbocycles. The van der Waals surface area contributed by atoms with Crippen molar-refractivity contribution in [2.75, 3.05) is 5.73 Å². The van der Waals surface area contributed by atoms with Crippen molar-refractivity contribution in [1.82, 2.24) is 39.7 Å². The molecule has 6 aromatic rings.